The number of hydrogen-bond donors (Lipinski definition) is 14. The van der Waals surface area contributed by atoms with Crippen LogP contribution >= 0.6 is 0 Å². The molecule has 3 aliphatic rings. The molecule has 41 nitrogen and oxygen atoms in total. The molecule has 0 radical (unpaired) electrons. The van der Waals surface area contributed by atoms with Gasteiger partial charge in [0.25, 0.3) is 0 Å². The third kappa shape index (κ3) is 31.5. The van der Waals surface area contributed by atoms with Crippen LogP contribution in [0.2, 0.25) is 0 Å². The summed E-state index contributed by atoms with van der Waals surface area (Å²) in [5, 5.41) is 103. The van der Waals surface area contributed by atoms with Crippen molar-refractivity contribution in [3.63, 3.8) is 0 Å². The quantitative estimate of drug-likeness (QED) is 0.0232. The number of nitrogens with zero attached hydrogens (tertiary/aromatic N) is 9. The lowest BCUT2D eigenvalue weighted by Gasteiger charge is -2.34. The van der Waals surface area contributed by atoms with E-state index in [1.54, 1.807) is 31.4 Å². The first-order chi connectivity index (χ1) is 61.3. The van der Waals surface area contributed by atoms with Crippen LogP contribution in [0.5, 0.6) is 0 Å². The minimum atomic E-state index is -1.41. The molecular weight excluding hydrogens is 1690 g/mol. The average Bonchev–Trinajstić information content (AvgIpc) is 1.58. The van der Waals surface area contributed by atoms with Crippen molar-refractivity contribution in [2.75, 3.05) is 175 Å². The van der Waals surface area contributed by atoms with Crippen molar-refractivity contribution in [2.24, 2.45) is 0 Å². The molecule has 0 spiro atoms. The zero-order chi connectivity index (χ0) is 94.5. The molecule has 0 saturated heterocycles. The smallest absolute Gasteiger partial charge is 0.317 e. The number of rotatable bonds is 59. The fourth-order valence-corrected chi connectivity index (χ4v) is 16.4. The summed E-state index contributed by atoms with van der Waals surface area (Å²) in [6.07, 6.45) is -0.721. The molecule has 5 unspecified atom stereocenters. The number of Topliss-reactive ketones (excluding diaryl/α,β-unsaturated/α-hetero) is 1. The number of carbonyl (C=O) groups excluding carboxylic acids is 4. The number of allylic oxidation sites excluding steroid dienone is 2. The number of anilines is 2. The highest BCUT2D eigenvalue weighted by atomic mass is 16.6. The van der Waals surface area contributed by atoms with Crippen LogP contribution in [0.15, 0.2) is 66.7 Å². The highest BCUT2D eigenvalue weighted by molar-refractivity contribution is 6.13. The standard InChI is InChI=1S/C88H115N13O28/c1-8-62-51(2)65-38-70-85(55(6)129-32-31-128-30-29-127-28-27-126-7)53(4)67(92-70)36-66-52(3)63(87(93-66)64-35-71(102)86-54(5)68(94-88(64)86)37-69(62)91-65)17-18-74(105)99(21-19-72(103)89-58-13-9-56(10-14-58)33-60(100(47-81(118)119)48-82(120)121)39-95(41-75(106)107)23-25-97(43-77(110)111)44-78(112)113)22-20-73(104)90-59-15-11-57(12-16-59)34-61(101(49-83(122)123)50-84(124)125)40-96(42-76(108)109)24-26-98(45-79(114)115)46-80(116)117/h9-16,36-38,52,55,60-61,63,92,94H,8,17-35,39-50H2,1-7H3,(H,89,103)(H,90,104)(H,106,107)(H,108,109)(H,110,111)(H,112,113)(H,114,115)(H,116,117)(H,118,119)(H,120,121)(H,122,123)(H,124,125). The first-order valence-corrected chi connectivity index (χ1v) is 42.1. The fraction of sp³-hybridized carbons (Fsp3) is 0.500. The van der Waals surface area contributed by atoms with E-state index in [4.69, 9.17) is 28.9 Å². The Morgan fingerprint density at radius 1 is 0.496 bits per heavy atom. The van der Waals surface area contributed by atoms with Gasteiger partial charge in [-0.15, -0.1) is 0 Å². The second-order valence-electron chi connectivity index (χ2n) is 32.1. The molecule has 700 valence electrons. The third-order valence-corrected chi connectivity index (χ3v) is 22.6. The van der Waals surface area contributed by atoms with Gasteiger partial charge >= 0.3 is 59.7 Å². The number of H-pyrrole nitrogens is 2. The van der Waals surface area contributed by atoms with Crippen LogP contribution in [0, 0.1) is 13.8 Å². The molecule has 41 heteroatoms. The number of carboxylic acid groups (broad SMARTS) is 10. The molecule has 2 aliphatic heterocycles. The molecule has 1 aliphatic carbocycles. The first-order valence-electron chi connectivity index (χ1n) is 42.1. The van der Waals surface area contributed by atoms with E-state index in [1.807, 2.05) is 52.8 Å². The monoisotopic (exact) mass is 1800 g/mol. The number of benzene rings is 2. The summed E-state index contributed by atoms with van der Waals surface area (Å²) in [5.41, 5.74) is 12.4. The second kappa shape index (κ2) is 49.3. The van der Waals surface area contributed by atoms with Crippen molar-refractivity contribution in [1.82, 2.24) is 54.2 Å². The number of nitrogens with one attached hydrogen (secondary N) is 4. The van der Waals surface area contributed by atoms with Crippen LogP contribution in [0.25, 0.3) is 33.2 Å². The Bertz CT molecular complexity index is 4860. The highest BCUT2D eigenvalue weighted by Gasteiger charge is 2.38. The number of aliphatic carboxylic acids is 10. The Morgan fingerprint density at radius 3 is 1.36 bits per heavy atom. The lowest BCUT2D eigenvalue weighted by Crippen LogP contribution is -2.51. The SMILES string of the molecule is CCC1=C(C)c2cc3[nH]c(cc4nc(c5c6[nH]c(cc1n2)c(C)c6C(=O)C5)C(CCC(=O)N(CCC(=O)Nc1ccc(CC(CN(CCN(CC(=O)O)CC(=O)O)CC(=O)O)N(CC(=O)O)CC(=O)O)cc1)CCC(=O)Nc1ccc(CC(CN(CCN(CC(=O)O)CC(=O)O)CC(=O)O)N(CC(=O)O)CC(=O)O)cc1)C4C)c(C)c3C(C)OCCOCCOCCOC. The second-order valence-corrected chi connectivity index (χ2v) is 32.1. The van der Waals surface area contributed by atoms with Crippen molar-refractivity contribution >= 4 is 128 Å². The summed E-state index contributed by atoms with van der Waals surface area (Å²) in [6.45, 7) is 4.57. The summed E-state index contributed by atoms with van der Waals surface area (Å²) in [7, 11) is 1.60. The molecule has 0 saturated carbocycles. The van der Waals surface area contributed by atoms with Gasteiger partial charge in [0.15, 0.2) is 5.78 Å². The van der Waals surface area contributed by atoms with Crippen LogP contribution in [0.3, 0.4) is 0 Å². The van der Waals surface area contributed by atoms with Gasteiger partial charge in [0.1, 0.15) is 0 Å². The van der Waals surface area contributed by atoms with Gasteiger partial charge in [-0.05, 0) is 129 Å². The Balaban J connectivity index is 1.10. The number of methoxy groups -OCH3 is 1. The summed E-state index contributed by atoms with van der Waals surface area (Å²) in [6, 6.07) is 16.1. The number of fused-ring (bicyclic) bond motifs is 8. The Hall–Kier alpha value is -12.3. The lowest BCUT2D eigenvalue weighted by atomic mass is 9.85. The van der Waals surface area contributed by atoms with Gasteiger partial charge in [-0.2, -0.15) is 0 Å². The summed E-state index contributed by atoms with van der Waals surface area (Å²) >= 11 is 0. The Morgan fingerprint density at radius 2 is 0.915 bits per heavy atom. The minimum Gasteiger partial charge on any atom is -0.480 e. The van der Waals surface area contributed by atoms with E-state index in [-0.39, 0.29) is 121 Å². The van der Waals surface area contributed by atoms with E-state index in [0.29, 0.717) is 84.1 Å². The van der Waals surface area contributed by atoms with Gasteiger partial charge < -0.3 is 95.5 Å². The Labute approximate surface area is 742 Å². The predicted molar refractivity (Wildman–Crippen MR) is 466 cm³/mol. The molecule has 3 aromatic heterocycles. The molecular formula is C88H115N13O28. The van der Waals surface area contributed by atoms with Gasteiger partial charge in [-0.25, -0.2) is 4.98 Å². The van der Waals surface area contributed by atoms with E-state index < -0.39 is 173 Å². The highest BCUT2D eigenvalue weighted by Crippen LogP contribution is 2.45. The third-order valence-electron chi connectivity index (χ3n) is 22.6. The van der Waals surface area contributed by atoms with E-state index in [0.717, 1.165) is 69.9 Å². The van der Waals surface area contributed by atoms with Crippen molar-refractivity contribution in [1.29, 1.82) is 0 Å². The molecule has 5 aromatic rings. The lowest BCUT2D eigenvalue weighted by molar-refractivity contribution is -0.145. The number of aromatic nitrogens is 4. The van der Waals surface area contributed by atoms with Crippen molar-refractivity contribution in [2.45, 2.75) is 123 Å². The topological polar surface area (TPSA) is 582 Å². The van der Waals surface area contributed by atoms with Gasteiger partial charge in [-0.3, -0.25) is 102 Å². The van der Waals surface area contributed by atoms with Gasteiger partial charge in [0.2, 0.25) is 17.7 Å². The minimum absolute atomic E-state index is 0.00111. The maximum absolute atomic E-state index is 15.3. The molecule has 8 rings (SSSR count). The summed E-state index contributed by atoms with van der Waals surface area (Å²) < 4.78 is 22.9. The molecule has 3 amide bonds. The number of aromatic amines is 2. The number of amides is 3. The van der Waals surface area contributed by atoms with Gasteiger partial charge in [0.05, 0.1) is 134 Å². The maximum Gasteiger partial charge on any atom is 0.317 e. The number of hydrogen-bond acceptors (Lipinski definition) is 26. The largest absolute Gasteiger partial charge is 0.480 e. The maximum atomic E-state index is 15.3. The zero-order valence-corrected chi connectivity index (χ0v) is 73.2. The number of carboxylic acids is 10. The van der Waals surface area contributed by atoms with E-state index in [2.05, 4.69) is 27.5 Å². The number of ether oxygens (including phenoxy) is 4. The number of carbonyl (C=O) groups is 14. The van der Waals surface area contributed by atoms with Crippen LogP contribution in [0.1, 0.15) is 144 Å². The van der Waals surface area contributed by atoms with Crippen molar-refractivity contribution in [3.8, 4) is 0 Å². The van der Waals surface area contributed by atoms with Crippen LogP contribution in [-0.2, 0) is 101 Å². The molecule has 5 atom stereocenters. The van der Waals surface area contributed by atoms with Crippen molar-refractivity contribution < 1.29 is 137 Å². The van der Waals surface area contributed by atoms with Gasteiger partial charge in [-0.1, -0.05) is 38.1 Å². The normalized spacial score (nSPS) is 14.4. The van der Waals surface area contributed by atoms with Crippen LogP contribution < -0.4 is 10.6 Å². The Kier molecular flexibility index (Phi) is 39.0. The fourth-order valence-electron chi connectivity index (χ4n) is 16.4. The molecule has 14 N–H and O–H groups in total. The summed E-state index contributed by atoms with van der Waals surface area (Å²) in [4.78, 5) is 204. The average molecular weight is 1800 g/mol. The zero-order valence-electron chi connectivity index (χ0n) is 73.2. The summed E-state index contributed by atoms with van der Waals surface area (Å²) in [5.74, 6) is -16.5. The first kappa shape index (κ1) is 102. The number of ketones is 1. The van der Waals surface area contributed by atoms with E-state index >= 15 is 4.79 Å². The molecule has 8 bridgehead atoms. The predicted octanol–water partition coefficient (Wildman–Crippen LogP) is 4.80. The molecule has 129 heavy (non-hydrogen) atoms. The molecule has 2 aromatic carbocycles. The van der Waals surface area contributed by atoms with Crippen LogP contribution in [0.4, 0.5) is 11.4 Å². The molecule has 0 fully saturated rings. The van der Waals surface area contributed by atoms with Crippen LogP contribution in [-0.4, -0.2) is 365 Å². The van der Waals surface area contributed by atoms with E-state index in [9.17, 15) is 113 Å². The van der Waals surface area contributed by atoms with Gasteiger partial charge in [0, 0.05) is 159 Å². The number of aryl methyl sites for hydroxylation is 2. The van der Waals surface area contributed by atoms with Crippen molar-refractivity contribution in [3.05, 3.63) is 128 Å². The van der Waals surface area contributed by atoms with E-state index in [1.165, 1.54) is 39.0 Å². The molecule has 5 heterocycles.